The summed E-state index contributed by atoms with van der Waals surface area (Å²) < 4.78 is 27.3. The zero-order valence-electron chi connectivity index (χ0n) is 18.4. The molecule has 7 nitrogen and oxygen atoms in total. The van der Waals surface area contributed by atoms with E-state index in [1.54, 1.807) is 55.5 Å². The minimum atomic E-state index is -3.88. The Balaban J connectivity index is 1.55. The number of sulfonamides is 1. The predicted octanol–water partition coefficient (Wildman–Crippen LogP) is 3.74. The van der Waals surface area contributed by atoms with Gasteiger partial charge in [0.2, 0.25) is 21.8 Å². The number of carbonyl (C=O) groups excluding carboxylic acids is 2. The van der Waals surface area contributed by atoms with Crippen molar-refractivity contribution in [2.45, 2.75) is 24.3 Å². The molecule has 0 bridgehead atoms. The highest BCUT2D eigenvalue weighted by molar-refractivity contribution is 7.89. The summed E-state index contributed by atoms with van der Waals surface area (Å²) in [6, 6.07) is 22.9. The van der Waals surface area contributed by atoms with Gasteiger partial charge in [-0.2, -0.15) is 4.31 Å². The van der Waals surface area contributed by atoms with Gasteiger partial charge in [-0.3, -0.25) is 9.59 Å². The van der Waals surface area contributed by atoms with Gasteiger partial charge >= 0.3 is 0 Å². The van der Waals surface area contributed by atoms with Gasteiger partial charge in [-0.25, -0.2) is 8.42 Å². The van der Waals surface area contributed by atoms with E-state index >= 15 is 0 Å². The molecule has 4 rings (SSSR count). The fourth-order valence-corrected chi connectivity index (χ4v) is 5.07. The second kappa shape index (κ2) is 9.17. The minimum absolute atomic E-state index is 0.110. The van der Waals surface area contributed by atoms with Crippen molar-refractivity contribution in [3.05, 3.63) is 78.9 Å². The van der Waals surface area contributed by atoms with Gasteiger partial charge in [-0.05, 0) is 42.3 Å². The van der Waals surface area contributed by atoms with Gasteiger partial charge in [-0.15, -0.1) is 0 Å². The van der Waals surface area contributed by atoms with E-state index in [0.29, 0.717) is 11.4 Å². The Labute approximate surface area is 193 Å². The Bertz CT molecular complexity index is 1270. The number of carbonyl (C=O) groups is 2. The Morgan fingerprint density at radius 2 is 1.58 bits per heavy atom. The molecule has 3 aromatic rings. The van der Waals surface area contributed by atoms with Gasteiger partial charge in [0.05, 0.1) is 22.8 Å². The van der Waals surface area contributed by atoms with Crippen LogP contribution < -0.4 is 10.2 Å². The fourth-order valence-electron chi connectivity index (χ4n) is 3.95. The maximum atomic E-state index is 13.2. The molecule has 1 heterocycles. The van der Waals surface area contributed by atoms with E-state index in [2.05, 4.69) is 5.32 Å². The predicted molar refractivity (Wildman–Crippen MR) is 128 cm³/mol. The number of hydrogen-bond donors (Lipinski definition) is 1. The highest BCUT2D eigenvalue weighted by atomic mass is 32.2. The van der Waals surface area contributed by atoms with E-state index < -0.39 is 22.0 Å². The summed E-state index contributed by atoms with van der Waals surface area (Å²) in [6.45, 7) is 1.42. The van der Waals surface area contributed by atoms with Crippen LogP contribution >= 0.6 is 0 Å². The van der Waals surface area contributed by atoms with E-state index in [1.807, 2.05) is 30.3 Å². The summed E-state index contributed by atoms with van der Waals surface area (Å²) in [5.41, 5.74) is 2.98. The maximum absolute atomic E-state index is 13.2. The number of amides is 2. The molecule has 3 aromatic carbocycles. The average molecular weight is 464 g/mol. The van der Waals surface area contributed by atoms with Crippen LogP contribution in [0, 0.1) is 0 Å². The quantitative estimate of drug-likeness (QED) is 0.625. The smallest absolute Gasteiger partial charge is 0.243 e. The van der Waals surface area contributed by atoms with Crippen molar-refractivity contribution in [3.8, 4) is 11.1 Å². The van der Waals surface area contributed by atoms with Crippen molar-refractivity contribution in [1.29, 1.82) is 0 Å². The second-order valence-corrected chi connectivity index (χ2v) is 10.1. The van der Waals surface area contributed by atoms with Crippen LogP contribution in [0.25, 0.3) is 11.1 Å². The third-order valence-corrected chi connectivity index (χ3v) is 7.47. The number of hydrogen-bond acceptors (Lipinski definition) is 4. The van der Waals surface area contributed by atoms with E-state index in [9.17, 15) is 18.0 Å². The summed E-state index contributed by atoms with van der Waals surface area (Å²) in [6.07, 6.45) is 0.123. The van der Waals surface area contributed by atoms with E-state index in [4.69, 9.17) is 0 Å². The van der Waals surface area contributed by atoms with E-state index in [1.165, 1.54) is 11.9 Å². The summed E-state index contributed by atoms with van der Waals surface area (Å²) in [7, 11) is -2.50. The molecule has 1 N–H and O–H groups in total. The molecule has 1 unspecified atom stereocenters. The van der Waals surface area contributed by atoms with Crippen molar-refractivity contribution >= 4 is 33.2 Å². The van der Waals surface area contributed by atoms with Crippen molar-refractivity contribution in [3.63, 3.8) is 0 Å². The van der Waals surface area contributed by atoms with Crippen LogP contribution in [-0.4, -0.2) is 44.2 Å². The van der Waals surface area contributed by atoms with Crippen LogP contribution in [-0.2, 0) is 19.6 Å². The molecule has 8 heteroatoms. The average Bonchev–Trinajstić information content (AvgIpc) is 2.93. The van der Waals surface area contributed by atoms with Gasteiger partial charge in [-0.1, -0.05) is 54.6 Å². The minimum Gasteiger partial charge on any atom is -0.324 e. The SMILES string of the molecule is CC1CC(=O)Nc2ccccc2N1C(=O)CN(C)S(=O)(=O)c1ccc(-c2ccccc2)cc1. The molecule has 0 aromatic heterocycles. The Morgan fingerprint density at radius 1 is 0.970 bits per heavy atom. The number of nitrogens with zero attached hydrogens (tertiary/aromatic N) is 2. The van der Waals surface area contributed by atoms with Gasteiger partial charge in [0.15, 0.2) is 0 Å². The van der Waals surface area contributed by atoms with Crippen LogP contribution in [0.3, 0.4) is 0 Å². The van der Waals surface area contributed by atoms with Crippen molar-refractivity contribution in [1.82, 2.24) is 4.31 Å². The summed E-state index contributed by atoms with van der Waals surface area (Å²) in [5.74, 6) is -0.594. The number of likely N-dealkylation sites (N-methyl/N-ethyl adjacent to an activating group) is 1. The summed E-state index contributed by atoms with van der Waals surface area (Å²) in [5, 5.41) is 2.80. The van der Waals surface area contributed by atoms with Crippen molar-refractivity contribution in [2.75, 3.05) is 23.8 Å². The van der Waals surface area contributed by atoms with Crippen LogP contribution in [0.4, 0.5) is 11.4 Å². The van der Waals surface area contributed by atoms with Crippen molar-refractivity contribution in [2.24, 2.45) is 0 Å². The van der Waals surface area contributed by atoms with Gasteiger partial charge in [0, 0.05) is 19.5 Å². The third-order valence-electron chi connectivity index (χ3n) is 5.66. The molecular formula is C25H25N3O4S. The van der Waals surface area contributed by atoms with E-state index in [0.717, 1.165) is 15.4 Å². The van der Waals surface area contributed by atoms with Gasteiger partial charge in [0.25, 0.3) is 0 Å². The van der Waals surface area contributed by atoms with Crippen LogP contribution in [0.1, 0.15) is 13.3 Å². The Morgan fingerprint density at radius 3 is 2.27 bits per heavy atom. The molecule has 0 fully saturated rings. The van der Waals surface area contributed by atoms with Crippen molar-refractivity contribution < 1.29 is 18.0 Å². The molecule has 33 heavy (non-hydrogen) atoms. The molecule has 1 atom stereocenters. The first-order valence-corrected chi connectivity index (χ1v) is 12.0. The molecule has 0 aliphatic carbocycles. The normalized spacial score (nSPS) is 16.2. The first-order valence-electron chi connectivity index (χ1n) is 10.6. The largest absolute Gasteiger partial charge is 0.324 e. The van der Waals surface area contributed by atoms with Crippen LogP contribution in [0.5, 0.6) is 0 Å². The lowest BCUT2D eigenvalue weighted by Crippen LogP contribution is -2.45. The first kappa shape index (κ1) is 22.7. The lowest BCUT2D eigenvalue weighted by atomic mass is 10.1. The number of benzene rings is 3. The maximum Gasteiger partial charge on any atom is 0.243 e. The lowest BCUT2D eigenvalue weighted by molar-refractivity contribution is -0.119. The molecule has 0 saturated heterocycles. The number of nitrogens with one attached hydrogen (secondary N) is 1. The number of para-hydroxylation sites is 2. The lowest BCUT2D eigenvalue weighted by Gasteiger charge is -2.29. The van der Waals surface area contributed by atoms with E-state index in [-0.39, 0.29) is 23.8 Å². The van der Waals surface area contributed by atoms with Crippen LogP contribution in [0.15, 0.2) is 83.8 Å². The zero-order valence-corrected chi connectivity index (χ0v) is 19.2. The Kier molecular flexibility index (Phi) is 6.31. The highest BCUT2D eigenvalue weighted by Gasteiger charge is 2.32. The molecule has 0 radical (unpaired) electrons. The second-order valence-electron chi connectivity index (χ2n) is 8.03. The molecule has 170 valence electrons. The molecule has 2 amide bonds. The molecule has 0 saturated carbocycles. The molecule has 0 spiro atoms. The monoisotopic (exact) mass is 463 g/mol. The Hall–Kier alpha value is -3.49. The first-order chi connectivity index (χ1) is 15.8. The third kappa shape index (κ3) is 4.67. The molecule has 1 aliphatic rings. The zero-order chi connectivity index (χ0) is 23.6. The van der Waals surface area contributed by atoms with Crippen LogP contribution in [0.2, 0.25) is 0 Å². The summed E-state index contributed by atoms with van der Waals surface area (Å²) >= 11 is 0. The molecule has 1 aliphatic heterocycles. The number of anilines is 2. The fraction of sp³-hybridized carbons (Fsp3) is 0.200. The number of fused-ring (bicyclic) bond motifs is 1. The van der Waals surface area contributed by atoms with Gasteiger partial charge < -0.3 is 10.2 Å². The number of rotatable bonds is 5. The standard InChI is InChI=1S/C25H25N3O4S/c1-18-16-24(29)26-22-10-6-7-11-23(22)28(18)25(30)17-27(2)33(31,32)21-14-12-20(13-15-21)19-8-4-3-5-9-19/h3-15,18H,16-17H2,1-2H3,(H,26,29). The summed E-state index contributed by atoms with van der Waals surface area (Å²) in [4.78, 5) is 27.0. The topological polar surface area (TPSA) is 86.8 Å². The van der Waals surface area contributed by atoms with Gasteiger partial charge in [0.1, 0.15) is 0 Å². The molecular weight excluding hydrogens is 438 g/mol. The highest BCUT2D eigenvalue weighted by Crippen LogP contribution is 2.31.